The average molecular weight is 288 g/mol. The molecule has 0 saturated carbocycles. The highest BCUT2D eigenvalue weighted by molar-refractivity contribution is 5.94. The van der Waals surface area contributed by atoms with Gasteiger partial charge in [-0.2, -0.15) is 0 Å². The first-order valence-corrected chi connectivity index (χ1v) is 6.37. The molecule has 0 radical (unpaired) electrons. The van der Waals surface area contributed by atoms with Crippen molar-refractivity contribution < 1.29 is 23.9 Å². The Balaban J connectivity index is 3.84. The van der Waals surface area contributed by atoms with Gasteiger partial charge in [0, 0.05) is 17.5 Å². The van der Waals surface area contributed by atoms with Crippen LogP contribution in [0.3, 0.4) is 0 Å². The van der Waals surface area contributed by atoms with Crippen molar-refractivity contribution >= 4 is 17.8 Å². The summed E-state index contributed by atoms with van der Waals surface area (Å²) in [7, 11) is 0. The summed E-state index contributed by atoms with van der Waals surface area (Å²) in [6, 6.07) is 0. The molecule has 2 amide bonds. The van der Waals surface area contributed by atoms with Crippen LogP contribution < -0.4 is 10.6 Å². The van der Waals surface area contributed by atoms with Crippen molar-refractivity contribution in [2.24, 2.45) is 0 Å². The Bertz CT molecular complexity index is 369. The Morgan fingerprint density at radius 1 is 1.25 bits per heavy atom. The third-order valence-corrected chi connectivity index (χ3v) is 2.62. The van der Waals surface area contributed by atoms with Gasteiger partial charge in [-0.15, -0.1) is 0 Å². The van der Waals surface area contributed by atoms with E-state index in [4.69, 9.17) is 0 Å². The zero-order chi connectivity index (χ0) is 15.6. The van der Waals surface area contributed by atoms with Gasteiger partial charge in [-0.05, 0) is 32.8 Å². The molecule has 0 aliphatic heterocycles. The van der Waals surface area contributed by atoms with E-state index in [0.29, 0.717) is 25.8 Å². The molecule has 0 aliphatic rings. The van der Waals surface area contributed by atoms with Crippen LogP contribution in [0.1, 0.15) is 39.5 Å². The van der Waals surface area contributed by atoms with E-state index in [9.17, 15) is 18.9 Å². The van der Waals surface area contributed by atoms with Crippen molar-refractivity contribution in [1.29, 1.82) is 0 Å². The lowest BCUT2D eigenvalue weighted by atomic mass is 10.0. The third kappa shape index (κ3) is 7.50. The average Bonchev–Trinajstić information content (AvgIpc) is 2.41. The summed E-state index contributed by atoms with van der Waals surface area (Å²) >= 11 is 0. The first kappa shape index (κ1) is 18.1. The quantitative estimate of drug-likeness (QED) is 0.493. The summed E-state index contributed by atoms with van der Waals surface area (Å²) in [6.07, 6.45) is 2.92. The normalized spacial score (nSPS) is 10.6. The van der Waals surface area contributed by atoms with Crippen LogP contribution >= 0.6 is 0 Å². The van der Waals surface area contributed by atoms with Gasteiger partial charge >= 0.3 is 5.97 Å². The second kappa shape index (κ2) is 9.06. The standard InChI is InChI=1S/C13H21FN2O4/c1-4-10(17)16-13(2,3)12(19)15-9-7-5-6-8-11(18)20-14/h4H,1,5-9H2,2-3H3,(H,15,19)(H,16,17). The first-order valence-electron chi connectivity index (χ1n) is 6.37. The van der Waals surface area contributed by atoms with Crippen LogP contribution in [0.4, 0.5) is 4.53 Å². The largest absolute Gasteiger partial charge is 0.354 e. The molecule has 2 N–H and O–H groups in total. The van der Waals surface area contributed by atoms with Gasteiger partial charge in [0.2, 0.25) is 11.8 Å². The number of hydrogen-bond acceptors (Lipinski definition) is 4. The Morgan fingerprint density at radius 3 is 2.45 bits per heavy atom. The molecule has 0 fully saturated rings. The van der Waals surface area contributed by atoms with Crippen molar-refractivity contribution in [1.82, 2.24) is 10.6 Å². The third-order valence-electron chi connectivity index (χ3n) is 2.62. The van der Waals surface area contributed by atoms with E-state index >= 15 is 0 Å². The summed E-state index contributed by atoms with van der Waals surface area (Å²) in [4.78, 5) is 36.5. The maximum absolute atomic E-state index is 11.8. The number of carbonyl (C=O) groups is 3. The van der Waals surface area contributed by atoms with Gasteiger partial charge in [-0.3, -0.25) is 14.5 Å². The van der Waals surface area contributed by atoms with Crippen molar-refractivity contribution in [3.63, 3.8) is 0 Å². The van der Waals surface area contributed by atoms with E-state index < -0.39 is 17.4 Å². The van der Waals surface area contributed by atoms with Crippen molar-refractivity contribution in [2.45, 2.75) is 45.1 Å². The molecule has 6 nitrogen and oxygen atoms in total. The minimum atomic E-state index is -1.02. The highest BCUT2D eigenvalue weighted by atomic mass is 19.3. The molecule has 0 aromatic heterocycles. The molecule has 0 unspecified atom stereocenters. The number of rotatable bonds is 9. The zero-order valence-electron chi connectivity index (χ0n) is 11.8. The van der Waals surface area contributed by atoms with E-state index in [0.717, 1.165) is 6.08 Å². The van der Waals surface area contributed by atoms with Crippen molar-refractivity contribution in [2.75, 3.05) is 6.54 Å². The number of unbranched alkanes of at least 4 members (excludes halogenated alkanes) is 2. The van der Waals surface area contributed by atoms with Gasteiger partial charge in [0.05, 0.1) is 0 Å². The maximum Gasteiger partial charge on any atom is 0.348 e. The molecule has 0 atom stereocenters. The number of nitrogens with one attached hydrogen (secondary N) is 2. The van der Waals surface area contributed by atoms with E-state index in [2.05, 4.69) is 22.2 Å². The fourth-order valence-corrected chi connectivity index (χ4v) is 1.45. The molecule has 0 bridgehead atoms. The Hall–Kier alpha value is -1.92. The van der Waals surface area contributed by atoms with Gasteiger partial charge in [0.25, 0.3) is 0 Å². The zero-order valence-corrected chi connectivity index (χ0v) is 11.8. The molecule has 0 aliphatic carbocycles. The monoisotopic (exact) mass is 288 g/mol. The molecule has 20 heavy (non-hydrogen) atoms. The van der Waals surface area contributed by atoms with Crippen LogP contribution in [0, 0.1) is 0 Å². The molecule has 114 valence electrons. The number of hydrogen-bond donors (Lipinski definition) is 2. The highest BCUT2D eigenvalue weighted by Gasteiger charge is 2.28. The molecule has 0 saturated heterocycles. The molecule has 0 rings (SSSR count). The topological polar surface area (TPSA) is 84.5 Å². The predicted molar refractivity (Wildman–Crippen MR) is 71.1 cm³/mol. The summed E-state index contributed by atoms with van der Waals surface area (Å²) < 4.78 is 11.4. The van der Waals surface area contributed by atoms with Crippen LogP contribution in [0.15, 0.2) is 12.7 Å². The van der Waals surface area contributed by atoms with Gasteiger partial charge in [-0.25, -0.2) is 4.79 Å². The van der Waals surface area contributed by atoms with Crippen molar-refractivity contribution in [3.8, 4) is 0 Å². The van der Waals surface area contributed by atoms with E-state index in [1.165, 1.54) is 0 Å². The molecular weight excluding hydrogens is 267 g/mol. The summed E-state index contributed by atoms with van der Waals surface area (Å²) in [5, 5.41) is 5.18. The summed E-state index contributed by atoms with van der Waals surface area (Å²) in [5.41, 5.74) is -1.02. The molecule has 0 aromatic carbocycles. The van der Waals surface area contributed by atoms with Gasteiger partial charge in [-0.1, -0.05) is 13.0 Å². The van der Waals surface area contributed by atoms with E-state index in [1.54, 1.807) is 13.8 Å². The van der Waals surface area contributed by atoms with E-state index in [-0.39, 0.29) is 12.3 Å². The predicted octanol–water partition coefficient (Wildman–Crippen LogP) is 1.17. The summed E-state index contributed by atoms with van der Waals surface area (Å²) in [6.45, 7) is 6.90. The van der Waals surface area contributed by atoms with Crippen LogP contribution in [-0.4, -0.2) is 29.9 Å². The number of carbonyl (C=O) groups excluding carboxylic acids is 3. The second-order valence-corrected chi connectivity index (χ2v) is 4.83. The van der Waals surface area contributed by atoms with Crippen LogP contribution in [-0.2, 0) is 19.3 Å². The van der Waals surface area contributed by atoms with Gasteiger partial charge < -0.3 is 10.6 Å². The molecule has 7 heteroatoms. The fourth-order valence-electron chi connectivity index (χ4n) is 1.45. The minimum absolute atomic E-state index is 0.0192. The van der Waals surface area contributed by atoms with Crippen LogP contribution in [0.5, 0.6) is 0 Å². The molecule has 0 spiro atoms. The first-order chi connectivity index (χ1) is 9.33. The highest BCUT2D eigenvalue weighted by Crippen LogP contribution is 2.04. The fraction of sp³-hybridized carbons (Fsp3) is 0.615. The lowest BCUT2D eigenvalue weighted by Crippen LogP contribution is -2.54. The number of amides is 2. The van der Waals surface area contributed by atoms with Gasteiger partial charge in [0.1, 0.15) is 5.54 Å². The van der Waals surface area contributed by atoms with Crippen molar-refractivity contribution in [3.05, 3.63) is 12.7 Å². The smallest absolute Gasteiger partial charge is 0.348 e. The summed E-state index contributed by atoms with van der Waals surface area (Å²) in [5.74, 6) is -1.62. The number of halogens is 1. The second-order valence-electron chi connectivity index (χ2n) is 4.83. The Kier molecular flexibility index (Phi) is 8.19. The maximum atomic E-state index is 11.8. The van der Waals surface area contributed by atoms with Gasteiger partial charge in [0.15, 0.2) is 0 Å². The van der Waals surface area contributed by atoms with E-state index in [1.807, 2.05) is 0 Å². The molecule has 0 heterocycles. The Morgan fingerprint density at radius 2 is 1.90 bits per heavy atom. The minimum Gasteiger partial charge on any atom is -0.354 e. The lowest BCUT2D eigenvalue weighted by Gasteiger charge is -2.24. The van der Waals surface area contributed by atoms with Crippen LogP contribution in [0.2, 0.25) is 0 Å². The SMILES string of the molecule is C=CC(=O)NC(C)(C)C(=O)NCCCCCC(=O)OF. The Labute approximate surface area is 117 Å². The lowest BCUT2D eigenvalue weighted by molar-refractivity contribution is -0.183. The molecular formula is C13H21FN2O4. The van der Waals surface area contributed by atoms with Crippen LogP contribution in [0.25, 0.3) is 0 Å². The molecule has 0 aromatic rings.